The van der Waals surface area contributed by atoms with E-state index < -0.39 is 0 Å². The summed E-state index contributed by atoms with van der Waals surface area (Å²) in [7, 11) is 5.21. The van der Waals surface area contributed by atoms with Crippen molar-refractivity contribution in [2.24, 2.45) is 7.05 Å². The molecular weight excluding hydrogens is 330 g/mol. The molecule has 0 unspecified atom stereocenters. The molecular formula is C20H23N3O3. The predicted molar refractivity (Wildman–Crippen MR) is 103 cm³/mol. The van der Waals surface area contributed by atoms with Crippen molar-refractivity contribution < 1.29 is 14.3 Å². The number of carbonyl (C=O) groups excluding carboxylic acids is 1. The van der Waals surface area contributed by atoms with Gasteiger partial charge in [-0.15, -0.1) is 0 Å². The van der Waals surface area contributed by atoms with Gasteiger partial charge in [0.05, 0.1) is 14.2 Å². The molecule has 2 N–H and O–H groups in total. The maximum atomic E-state index is 12.1. The third kappa shape index (κ3) is 3.91. The number of nitrogens with zero attached hydrogens (tertiary/aromatic N) is 1. The highest BCUT2D eigenvalue weighted by atomic mass is 16.5. The first kappa shape index (κ1) is 17.7. The van der Waals surface area contributed by atoms with Crippen LogP contribution in [0.4, 0.5) is 10.5 Å². The van der Waals surface area contributed by atoms with Crippen LogP contribution in [0.1, 0.15) is 5.56 Å². The largest absolute Gasteiger partial charge is 0.493 e. The highest BCUT2D eigenvalue weighted by molar-refractivity contribution is 5.92. The monoisotopic (exact) mass is 353 g/mol. The van der Waals surface area contributed by atoms with Crippen LogP contribution in [0.3, 0.4) is 0 Å². The van der Waals surface area contributed by atoms with Gasteiger partial charge in [-0.25, -0.2) is 4.79 Å². The number of aromatic nitrogens is 1. The first-order chi connectivity index (χ1) is 12.6. The molecule has 0 radical (unpaired) electrons. The zero-order chi connectivity index (χ0) is 18.5. The Morgan fingerprint density at radius 3 is 2.62 bits per heavy atom. The fourth-order valence-electron chi connectivity index (χ4n) is 2.89. The van der Waals surface area contributed by atoms with Crippen LogP contribution in [0.25, 0.3) is 10.9 Å². The van der Waals surface area contributed by atoms with E-state index >= 15 is 0 Å². The standard InChI is InChI=1S/C20H23N3O3/c1-23-11-9-15-13-16(5-6-17(15)23)22-20(24)21-10-8-14-4-7-18(25-2)19(12-14)26-3/h4-7,9,11-13H,8,10H2,1-3H3,(H2,21,22,24). The van der Waals surface area contributed by atoms with Gasteiger partial charge in [0, 0.05) is 36.4 Å². The number of amides is 2. The van der Waals surface area contributed by atoms with E-state index in [1.165, 1.54) is 0 Å². The van der Waals surface area contributed by atoms with Crippen molar-refractivity contribution in [2.45, 2.75) is 6.42 Å². The van der Waals surface area contributed by atoms with Crippen molar-refractivity contribution in [1.82, 2.24) is 9.88 Å². The van der Waals surface area contributed by atoms with Gasteiger partial charge in [-0.1, -0.05) is 6.07 Å². The molecule has 6 nitrogen and oxygen atoms in total. The van der Waals surface area contributed by atoms with Gasteiger partial charge >= 0.3 is 6.03 Å². The van der Waals surface area contributed by atoms with E-state index in [0.29, 0.717) is 24.5 Å². The summed E-state index contributed by atoms with van der Waals surface area (Å²) in [6, 6.07) is 13.4. The van der Waals surface area contributed by atoms with E-state index in [4.69, 9.17) is 9.47 Å². The van der Waals surface area contributed by atoms with Gasteiger partial charge in [0.25, 0.3) is 0 Å². The molecule has 3 aromatic rings. The van der Waals surface area contributed by atoms with Crippen molar-refractivity contribution in [3.05, 3.63) is 54.2 Å². The molecule has 0 aliphatic heterocycles. The molecule has 0 aliphatic rings. The lowest BCUT2D eigenvalue weighted by Crippen LogP contribution is -2.30. The lowest BCUT2D eigenvalue weighted by Gasteiger charge is -2.11. The number of urea groups is 1. The van der Waals surface area contributed by atoms with Crippen LogP contribution in [-0.2, 0) is 13.5 Å². The Balaban J connectivity index is 1.53. The van der Waals surface area contributed by atoms with Crippen molar-refractivity contribution >= 4 is 22.6 Å². The highest BCUT2D eigenvalue weighted by Crippen LogP contribution is 2.27. The van der Waals surface area contributed by atoms with Gasteiger partial charge in [0.15, 0.2) is 11.5 Å². The second kappa shape index (κ2) is 7.82. The van der Waals surface area contributed by atoms with Gasteiger partial charge in [0.2, 0.25) is 0 Å². The van der Waals surface area contributed by atoms with Crippen molar-refractivity contribution in [2.75, 3.05) is 26.1 Å². The number of methoxy groups -OCH3 is 2. The number of anilines is 1. The average Bonchev–Trinajstić information content (AvgIpc) is 3.02. The van der Waals surface area contributed by atoms with Crippen LogP contribution in [0.5, 0.6) is 11.5 Å². The predicted octanol–water partition coefficient (Wildman–Crippen LogP) is 3.56. The summed E-state index contributed by atoms with van der Waals surface area (Å²) in [5.41, 5.74) is 2.96. The Hall–Kier alpha value is -3.15. The molecule has 0 saturated carbocycles. The van der Waals surface area contributed by atoms with Gasteiger partial charge in [0.1, 0.15) is 0 Å². The molecule has 0 aliphatic carbocycles. The van der Waals surface area contributed by atoms with Gasteiger partial charge in [-0.3, -0.25) is 0 Å². The second-order valence-corrected chi connectivity index (χ2v) is 6.02. The Labute approximate surface area is 152 Å². The Morgan fingerprint density at radius 1 is 1.04 bits per heavy atom. The fraction of sp³-hybridized carbons (Fsp3) is 0.250. The summed E-state index contributed by atoms with van der Waals surface area (Å²) in [5.74, 6) is 1.38. The second-order valence-electron chi connectivity index (χ2n) is 6.02. The minimum absolute atomic E-state index is 0.222. The zero-order valence-electron chi connectivity index (χ0n) is 15.2. The Morgan fingerprint density at radius 2 is 1.85 bits per heavy atom. The Kier molecular flexibility index (Phi) is 5.31. The van der Waals surface area contributed by atoms with Crippen LogP contribution in [0, 0.1) is 0 Å². The average molecular weight is 353 g/mol. The van der Waals surface area contributed by atoms with Gasteiger partial charge < -0.3 is 24.7 Å². The molecule has 6 heteroatoms. The lowest BCUT2D eigenvalue weighted by atomic mass is 10.1. The van der Waals surface area contributed by atoms with E-state index in [1.807, 2.05) is 60.3 Å². The summed E-state index contributed by atoms with van der Waals surface area (Å²) in [5, 5.41) is 6.83. The number of fused-ring (bicyclic) bond motifs is 1. The SMILES string of the molecule is COc1ccc(CCNC(=O)Nc2ccc3c(ccn3C)c2)cc1OC. The molecule has 2 aromatic carbocycles. The van der Waals surface area contributed by atoms with Gasteiger partial charge in [-0.2, -0.15) is 0 Å². The first-order valence-electron chi connectivity index (χ1n) is 8.41. The van der Waals surface area contributed by atoms with Crippen LogP contribution in [0.15, 0.2) is 48.7 Å². The molecule has 0 atom stereocenters. The normalized spacial score (nSPS) is 10.6. The van der Waals surface area contributed by atoms with E-state index in [0.717, 1.165) is 22.2 Å². The molecule has 0 fully saturated rings. The summed E-state index contributed by atoms with van der Waals surface area (Å²) < 4.78 is 12.6. The highest BCUT2D eigenvalue weighted by Gasteiger charge is 2.06. The summed E-state index contributed by atoms with van der Waals surface area (Å²) in [4.78, 5) is 12.1. The summed E-state index contributed by atoms with van der Waals surface area (Å²) in [6.07, 6.45) is 2.70. The molecule has 1 heterocycles. The molecule has 0 spiro atoms. The molecule has 0 saturated heterocycles. The van der Waals surface area contributed by atoms with Crippen LogP contribution in [0.2, 0.25) is 0 Å². The molecule has 136 valence electrons. The molecule has 1 aromatic heterocycles. The summed E-state index contributed by atoms with van der Waals surface area (Å²) in [6.45, 7) is 0.523. The number of ether oxygens (including phenoxy) is 2. The van der Waals surface area contributed by atoms with Crippen molar-refractivity contribution in [1.29, 1.82) is 0 Å². The molecule has 3 rings (SSSR count). The first-order valence-corrected chi connectivity index (χ1v) is 8.41. The smallest absolute Gasteiger partial charge is 0.319 e. The van der Waals surface area contributed by atoms with Crippen molar-refractivity contribution in [3.63, 3.8) is 0 Å². The maximum Gasteiger partial charge on any atom is 0.319 e. The molecule has 0 bridgehead atoms. The van der Waals surface area contributed by atoms with Crippen LogP contribution in [-0.4, -0.2) is 31.4 Å². The van der Waals surface area contributed by atoms with E-state index in [2.05, 4.69) is 10.6 Å². The molecule has 26 heavy (non-hydrogen) atoms. The number of benzene rings is 2. The number of carbonyl (C=O) groups is 1. The van der Waals surface area contributed by atoms with Crippen molar-refractivity contribution in [3.8, 4) is 11.5 Å². The molecule has 2 amide bonds. The number of aryl methyl sites for hydroxylation is 1. The number of rotatable bonds is 6. The maximum absolute atomic E-state index is 12.1. The lowest BCUT2D eigenvalue weighted by molar-refractivity contribution is 0.252. The minimum Gasteiger partial charge on any atom is -0.493 e. The quantitative estimate of drug-likeness (QED) is 0.712. The van der Waals surface area contributed by atoms with Crippen LogP contribution >= 0.6 is 0 Å². The van der Waals surface area contributed by atoms with Gasteiger partial charge in [-0.05, 0) is 48.4 Å². The number of hydrogen-bond donors (Lipinski definition) is 2. The third-order valence-electron chi connectivity index (χ3n) is 4.29. The number of nitrogens with one attached hydrogen (secondary N) is 2. The number of hydrogen-bond acceptors (Lipinski definition) is 3. The zero-order valence-corrected chi connectivity index (χ0v) is 15.2. The Bertz CT molecular complexity index is 918. The fourth-order valence-corrected chi connectivity index (χ4v) is 2.89. The van der Waals surface area contributed by atoms with E-state index in [1.54, 1.807) is 14.2 Å². The third-order valence-corrected chi connectivity index (χ3v) is 4.29. The minimum atomic E-state index is -0.222. The van der Waals surface area contributed by atoms with E-state index in [-0.39, 0.29) is 6.03 Å². The van der Waals surface area contributed by atoms with Crippen LogP contribution < -0.4 is 20.1 Å². The van der Waals surface area contributed by atoms with E-state index in [9.17, 15) is 4.79 Å². The topological polar surface area (TPSA) is 64.5 Å². The summed E-state index contributed by atoms with van der Waals surface area (Å²) >= 11 is 0.